The van der Waals surface area contributed by atoms with Crippen LogP contribution in [0, 0.1) is 0 Å². The summed E-state index contributed by atoms with van der Waals surface area (Å²) >= 11 is 0. The maximum Gasteiger partial charge on any atom is 0.536 e. The number of nitrogens with one attached hydrogen (secondary N) is 1. The van der Waals surface area contributed by atoms with Crippen molar-refractivity contribution in [3.8, 4) is 5.75 Å². The lowest BCUT2D eigenvalue weighted by Crippen LogP contribution is -2.36. The number of nitrogens with zero attached hydrogens (tertiary/aromatic N) is 2. The van der Waals surface area contributed by atoms with E-state index in [0.717, 1.165) is 10.8 Å². The molecule has 2 heterocycles. The Bertz CT molecular complexity index is 1280. The van der Waals surface area contributed by atoms with E-state index in [2.05, 4.69) is 33.0 Å². The minimum Gasteiger partial charge on any atom is -0.404 e. The van der Waals surface area contributed by atoms with Gasteiger partial charge in [0.1, 0.15) is 24.1 Å². The fourth-order valence-corrected chi connectivity index (χ4v) is 6.48. The van der Waals surface area contributed by atoms with Crippen LogP contribution in [0.4, 0.5) is 5.82 Å². The summed E-state index contributed by atoms with van der Waals surface area (Å²) in [5.41, 5.74) is 1.40. The number of benzene rings is 1. The summed E-state index contributed by atoms with van der Waals surface area (Å²) in [4.78, 5) is 49.4. The van der Waals surface area contributed by atoms with Gasteiger partial charge in [0.25, 0.3) is 0 Å². The zero-order valence-electron chi connectivity index (χ0n) is 18.6. The van der Waals surface area contributed by atoms with Crippen LogP contribution in [-0.2, 0) is 36.4 Å². The summed E-state index contributed by atoms with van der Waals surface area (Å²) in [7, 11) is -15.3. The van der Waals surface area contributed by atoms with Gasteiger partial charge in [-0.15, -0.1) is 0 Å². The molecule has 7 atom stereocenters. The number of phosphoric ester groups is 2. The van der Waals surface area contributed by atoms with E-state index in [1.807, 2.05) is 0 Å². The molecule has 1 aromatic carbocycles. The van der Waals surface area contributed by atoms with Gasteiger partial charge in [-0.1, -0.05) is 18.2 Å². The second-order valence-corrected chi connectivity index (χ2v) is 11.7. The van der Waals surface area contributed by atoms with Gasteiger partial charge in [0.2, 0.25) is 0 Å². The third-order valence-electron chi connectivity index (χ3n) is 4.43. The van der Waals surface area contributed by atoms with Crippen molar-refractivity contribution < 1.29 is 65.8 Å². The Hall–Kier alpha value is -2.01. The average molecular weight is 589 g/mol. The van der Waals surface area contributed by atoms with E-state index in [0.29, 0.717) is 0 Å². The predicted octanol–water partition coefficient (Wildman–Crippen LogP) is 0.266. The maximum absolute atomic E-state index is 12.2. The minimum absolute atomic E-state index is 0.0345. The number of aliphatic hydroxyl groups excluding tert-OH is 2. The number of phosphoric acid groups is 3. The second-order valence-electron chi connectivity index (χ2n) is 7.12. The Balaban J connectivity index is 1.60. The van der Waals surface area contributed by atoms with E-state index in [1.54, 1.807) is 6.07 Å². The zero-order valence-corrected chi connectivity index (χ0v) is 21.3. The van der Waals surface area contributed by atoms with Crippen LogP contribution in [0.1, 0.15) is 6.23 Å². The number of para-hydroxylation sites is 1. The van der Waals surface area contributed by atoms with E-state index in [9.17, 15) is 43.4 Å². The van der Waals surface area contributed by atoms with Gasteiger partial charge >= 0.3 is 29.2 Å². The first-order valence-corrected chi connectivity index (χ1v) is 14.4. The van der Waals surface area contributed by atoms with Crippen LogP contribution in [-0.4, -0.2) is 66.5 Å². The summed E-state index contributed by atoms with van der Waals surface area (Å²) < 4.78 is 59.2. The van der Waals surface area contributed by atoms with E-state index >= 15 is 0 Å². The number of hydrogen-bond acceptors (Lipinski definition) is 14. The minimum atomic E-state index is -5.74. The Labute approximate surface area is 207 Å². The first-order valence-electron chi connectivity index (χ1n) is 9.92. The molecule has 1 saturated heterocycles. The van der Waals surface area contributed by atoms with Gasteiger partial charge in [-0.3, -0.25) is 18.8 Å². The van der Waals surface area contributed by atoms with Crippen molar-refractivity contribution >= 4 is 29.3 Å². The monoisotopic (exact) mass is 589 g/mol. The second kappa shape index (κ2) is 11.8. The van der Waals surface area contributed by atoms with Crippen molar-refractivity contribution in [2.45, 2.75) is 24.5 Å². The van der Waals surface area contributed by atoms with Crippen molar-refractivity contribution in [1.29, 1.82) is 0 Å². The highest BCUT2D eigenvalue weighted by atomic mass is 31.3. The molecule has 206 valence electrons. The van der Waals surface area contributed by atoms with Crippen LogP contribution in [0.5, 0.6) is 5.75 Å². The highest BCUT2D eigenvalue weighted by molar-refractivity contribution is 7.67. The smallest absolute Gasteiger partial charge is 0.404 e. The van der Waals surface area contributed by atoms with Crippen molar-refractivity contribution in [1.82, 2.24) is 9.55 Å². The average Bonchev–Trinajstić information content (AvgIpc) is 3.05. The van der Waals surface area contributed by atoms with Gasteiger partial charge in [0, 0.05) is 6.20 Å². The van der Waals surface area contributed by atoms with Gasteiger partial charge in [0.05, 0.1) is 13.7 Å². The predicted molar refractivity (Wildman–Crippen MR) is 120 cm³/mol. The molecular weight excluding hydrogens is 567 g/mol. The Morgan fingerprint density at radius 2 is 1.65 bits per heavy atom. The molecule has 18 nitrogen and oxygen atoms in total. The normalized spacial score (nSPS) is 26.5. The quantitative estimate of drug-likeness (QED) is 0.143. The summed E-state index contributed by atoms with van der Waals surface area (Å²) in [6.45, 7) is -1.01. The fraction of sp³-hybridized carbons (Fsp3) is 0.375. The number of rotatable bonds is 12. The van der Waals surface area contributed by atoms with Crippen molar-refractivity contribution in [3.05, 3.63) is 53.1 Å². The molecule has 21 heteroatoms. The molecule has 2 aromatic rings. The maximum atomic E-state index is 12.2. The molecule has 1 fully saturated rings. The van der Waals surface area contributed by atoms with Crippen LogP contribution in [0.25, 0.3) is 0 Å². The summed E-state index contributed by atoms with van der Waals surface area (Å²) in [5, 5.41) is 20.4. The first kappa shape index (κ1) is 29.5. The van der Waals surface area contributed by atoms with E-state index in [-0.39, 0.29) is 11.6 Å². The standard InChI is InChI=1S/C16H22N3O15P3/c1-29-18-12-7-8-19(16(22)17-12)15-14(21)13(20)11(31-15)9-30-35(23,24)33-37(27,28)34-36(25,26)32-10-5-3-2-4-6-10/h2-8,11,13-15,20-21H,9H2,1H3,(H,23,24)(H,25,26)(H,27,28)(H,17,18,22)/t11-,13-,14-,15-/m1/s1. The third-order valence-corrected chi connectivity index (χ3v) is 8.65. The molecule has 0 saturated carbocycles. The van der Waals surface area contributed by atoms with Crippen LogP contribution in [0.3, 0.4) is 0 Å². The number of aliphatic hydroxyl groups is 2. The van der Waals surface area contributed by atoms with Gasteiger partial charge in [-0.2, -0.15) is 13.6 Å². The summed E-state index contributed by atoms with van der Waals surface area (Å²) in [6, 6.07) is 8.11. The lowest BCUT2D eigenvalue weighted by molar-refractivity contribution is -0.0541. The lowest BCUT2D eigenvalue weighted by atomic mass is 10.1. The summed E-state index contributed by atoms with van der Waals surface area (Å²) in [6.07, 6.45) is -5.37. The SMILES string of the molecule is CONc1ccn([C@@H]2O[C@H](COP(=O)(O)OP(=O)(O)OP(=O)(O)Oc3ccccc3)[C@@H](O)[C@H]2O)c(=O)n1. The van der Waals surface area contributed by atoms with Crippen LogP contribution >= 0.6 is 23.5 Å². The van der Waals surface area contributed by atoms with Crippen molar-refractivity contribution in [2.75, 3.05) is 19.2 Å². The molecule has 0 aliphatic carbocycles. The number of ether oxygens (including phenoxy) is 1. The molecule has 37 heavy (non-hydrogen) atoms. The Morgan fingerprint density at radius 3 is 2.27 bits per heavy atom. The van der Waals surface area contributed by atoms with Gasteiger partial charge in [-0.25, -0.2) is 24.0 Å². The Kier molecular flexibility index (Phi) is 9.42. The number of anilines is 1. The van der Waals surface area contributed by atoms with E-state index < -0.39 is 60.3 Å². The summed E-state index contributed by atoms with van der Waals surface area (Å²) in [5.74, 6) is -0.191. The number of hydrogen-bond donors (Lipinski definition) is 6. The van der Waals surface area contributed by atoms with Gasteiger partial charge < -0.3 is 29.3 Å². The molecule has 0 amide bonds. The third kappa shape index (κ3) is 8.24. The van der Waals surface area contributed by atoms with E-state index in [1.165, 1.54) is 37.4 Å². The zero-order chi connectivity index (χ0) is 27.4. The topological polar surface area (TPSA) is 255 Å². The molecule has 1 aliphatic heterocycles. The molecular formula is C16H22N3O15P3. The molecule has 1 aliphatic rings. The molecule has 6 N–H and O–H groups in total. The first-order chi connectivity index (χ1) is 17.2. The van der Waals surface area contributed by atoms with Gasteiger partial charge in [-0.05, 0) is 18.2 Å². The molecule has 0 radical (unpaired) electrons. The highest BCUT2D eigenvalue weighted by Crippen LogP contribution is 2.67. The molecule has 3 rings (SSSR count). The Morgan fingerprint density at radius 1 is 1.00 bits per heavy atom. The molecule has 1 aromatic heterocycles. The largest absolute Gasteiger partial charge is 0.536 e. The molecule has 3 unspecified atom stereocenters. The van der Waals surface area contributed by atoms with Crippen LogP contribution in [0.2, 0.25) is 0 Å². The van der Waals surface area contributed by atoms with Crippen molar-refractivity contribution in [2.24, 2.45) is 0 Å². The van der Waals surface area contributed by atoms with Crippen LogP contribution < -0.4 is 15.7 Å². The van der Waals surface area contributed by atoms with Gasteiger partial charge in [0.15, 0.2) is 12.0 Å². The lowest BCUT2D eigenvalue weighted by Gasteiger charge is -2.20. The number of aromatic nitrogens is 2. The molecule has 0 bridgehead atoms. The van der Waals surface area contributed by atoms with Crippen molar-refractivity contribution in [3.63, 3.8) is 0 Å². The van der Waals surface area contributed by atoms with E-state index in [4.69, 9.17) is 4.74 Å². The highest BCUT2D eigenvalue weighted by Gasteiger charge is 2.47. The molecule has 0 spiro atoms. The van der Waals surface area contributed by atoms with Crippen LogP contribution in [0.15, 0.2) is 47.4 Å². The fourth-order valence-electron chi connectivity index (χ4n) is 2.96.